The van der Waals surface area contributed by atoms with Gasteiger partial charge in [-0.2, -0.15) is 5.10 Å². The molecule has 0 fully saturated rings. The molecule has 1 amide bonds. The first-order chi connectivity index (χ1) is 13.2. The molecule has 4 nitrogen and oxygen atoms in total. The average Bonchev–Trinajstić information content (AvgIpc) is 2.62. The van der Waals surface area contributed by atoms with Gasteiger partial charge in [-0.15, -0.1) is 0 Å². The van der Waals surface area contributed by atoms with Crippen LogP contribution in [0.3, 0.4) is 0 Å². The van der Waals surface area contributed by atoms with E-state index in [1.54, 1.807) is 18.3 Å². The van der Waals surface area contributed by atoms with E-state index in [4.69, 9.17) is 0 Å². The molecule has 0 spiro atoms. The van der Waals surface area contributed by atoms with E-state index in [1.165, 1.54) is 11.3 Å². The van der Waals surface area contributed by atoms with Crippen LogP contribution in [0, 0.1) is 6.92 Å². The van der Waals surface area contributed by atoms with Crippen molar-refractivity contribution in [1.29, 1.82) is 0 Å². The zero-order chi connectivity index (χ0) is 20.5. The third-order valence-electron chi connectivity index (χ3n) is 5.59. The normalized spacial score (nSPS) is 18.4. The van der Waals surface area contributed by atoms with Crippen LogP contribution < -0.4 is 10.3 Å². The summed E-state index contributed by atoms with van der Waals surface area (Å²) in [5.74, 6) is 0.278. The fourth-order valence-electron chi connectivity index (χ4n) is 4.54. The summed E-state index contributed by atoms with van der Waals surface area (Å²) in [7, 11) is 0. The van der Waals surface area contributed by atoms with Gasteiger partial charge in [-0.1, -0.05) is 25.1 Å². The van der Waals surface area contributed by atoms with Crippen LogP contribution in [0.5, 0.6) is 0 Å². The molecule has 3 rings (SSSR count). The Morgan fingerprint density at radius 1 is 1.25 bits per heavy atom. The summed E-state index contributed by atoms with van der Waals surface area (Å²) < 4.78 is 0. The maximum atomic E-state index is 12.2. The predicted molar refractivity (Wildman–Crippen MR) is 117 cm³/mol. The van der Waals surface area contributed by atoms with Crippen molar-refractivity contribution in [2.24, 2.45) is 5.10 Å². The van der Waals surface area contributed by atoms with Crippen LogP contribution in [-0.2, 0) is 0 Å². The van der Waals surface area contributed by atoms with Gasteiger partial charge in [0.25, 0.3) is 5.91 Å². The smallest absolute Gasteiger partial charge is 0.271 e. The lowest BCUT2D eigenvalue weighted by molar-refractivity contribution is 0.0955. The number of amides is 1. The van der Waals surface area contributed by atoms with Crippen molar-refractivity contribution in [3.63, 3.8) is 0 Å². The molecule has 1 N–H and O–H groups in total. The summed E-state index contributed by atoms with van der Waals surface area (Å²) in [6, 6.07) is 14.1. The van der Waals surface area contributed by atoms with Crippen molar-refractivity contribution < 1.29 is 4.79 Å². The number of hydrogen-bond acceptors (Lipinski definition) is 3. The number of rotatable bonds is 4. The third-order valence-corrected chi connectivity index (χ3v) is 5.59. The topological polar surface area (TPSA) is 44.7 Å². The Labute approximate surface area is 168 Å². The van der Waals surface area contributed by atoms with Gasteiger partial charge in [-0.05, 0) is 87.9 Å². The van der Waals surface area contributed by atoms with Gasteiger partial charge in [0.15, 0.2) is 0 Å². The Hall–Kier alpha value is -2.62. The van der Waals surface area contributed by atoms with E-state index < -0.39 is 0 Å². The van der Waals surface area contributed by atoms with Crippen molar-refractivity contribution in [3.8, 4) is 0 Å². The standard InChI is InChI=1S/C24H31N3O/c1-16(2)27-22-12-17(3)20(13-21(22)18(4)14-24(27,5)6)15-25-26-23(28)19-10-8-7-9-11-19/h7-13,15-16,18H,14H2,1-6H3,(H,26,28)/b25-15+. The molecular weight excluding hydrogens is 346 g/mol. The second kappa shape index (κ2) is 7.78. The fraction of sp³-hybridized carbons (Fsp3) is 0.417. The summed E-state index contributed by atoms with van der Waals surface area (Å²) in [4.78, 5) is 14.7. The monoisotopic (exact) mass is 377 g/mol. The van der Waals surface area contributed by atoms with Crippen LogP contribution in [-0.4, -0.2) is 23.7 Å². The van der Waals surface area contributed by atoms with E-state index in [0.29, 0.717) is 17.5 Å². The summed E-state index contributed by atoms with van der Waals surface area (Å²) in [5, 5.41) is 4.20. The summed E-state index contributed by atoms with van der Waals surface area (Å²) in [6.07, 6.45) is 2.87. The largest absolute Gasteiger partial charge is 0.364 e. The molecule has 4 heteroatoms. The summed E-state index contributed by atoms with van der Waals surface area (Å²) in [5.41, 5.74) is 8.24. The number of carbonyl (C=O) groups is 1. The number of carbonyl (C=O) groups excluding carboxylic acids is 1. The molecule has 1 aliphatic rings. The van der Waals surface area contributed by atoms with Crippen molar-refractivity contribution in [2.75, 3.05) is 4.90 Å². The van der Waals surface area contributed by atoms with Gasteiger partial charge in [0.1, 0.15) is 0 Å². The summed E-state index contributed by atoms with van der Waals surface area (Å²) in [6.45, 7) is 13.6. The lowest BCUT2D eigenvalue weighted by atomic mass is 9.78. The number of hydrogen-bond donors (Lipinski definition) is 1. The molecule has 148 valence electrons. The van der Waals surface area contributed by atoms with Crippen LogP contribution in [0.4, 0.5) is 5.69 Å². The van der Waals surface area contributed by atoms with Gasteiger partial charge in [0, 0.05) is 22.8 Å². The lowest BCUT2D eigenvalue weighted by Gasteiger charge is -2.50. The van der Waals surface area contributed by atoms with Crippen molar-refractivity contribution in [3.05, 3.63) is 64.7 Å². The molecule has 0 aliphatic carbocycles. The first-order valence-electron chi connectivity index (χ1n) is 10.0. The Morgan fingerprint density at radius 3 is 2.57 bits per heavy atom. The molecule has 0 aromatic heterocycles. The Balaban J connectivity index is 1.87. The van der Waals surface area contributed by atoms with E-state index in [1.807, 2.05) is 18.2 Å². The maximum Gasteiger partial charge on any atom is 0.271 e. The van der Waals surface area contributed by atoms with E-state index in [9.17, 15) is 4.79 Å². The quantitative estimate of drug-likeness (QED) is 0.583. The highest BCUT2D eigenvalue weighted by Crippen LogP contribution is 2.45. The molecule has 1 aliphatic heterocycles. The second-order valence-electron chi connectivity index (χ2n) is 8.71. The zero-order valence-electron chi connectivity index (χ0n) is 17.8. The maximum absolute atomic E-state index is 12.2. The van der Waals surface area contributed by atoms with Gasteiger partial charge >= 0.3 is 0 Å². The Morgan fingerprint density at radius 2 is 1.93 bits per heavy atom. The number of fused-ring (bicyclic) bond motifs is 1. The zero-order valence-corrected chi connectivity index (χ0v) is 17.8. The van der Waals surface area contributed by atoms with Crippen LogP contribution in [0.2, 0.25) is 0 Å². The highest BCUT2D eigenvalue weighted by molar-refractivity contribution is 5.95. The minimum absolute atomic E-state index is 0.131. The molecule has 2 aromatic rings. The van der Waals surface area contributed by atoms with Gasteiger partial charge in [0.05, 0.1) is 6.21 Å². The number of benzene rings is 2. The van der Waals surface area contributed by atoms with Gasteiger partial charge in [-0.3, -0.25) is 4.79 Å². The molecule has 2 aromatic carbocycles. The van der Waals surface area contributed by atoms with Crippen LogP contribution in [0.1, 0.15) is 74.0 Å². The third kappa shape index (κ3) is 3.96. The van der Waals surface area contributed by atoms with Crippen molar-refractivity contribution in [2.45, 2.75) is 65.5 Å². The SMILES string of the molecule is Cc1cc2c(cc1/C=N/NC(=O)c1ccccc1)C(C)CC(C)(C)N2C(C)C. The molecule has 1 heterocycles. The Bertz CT molecular complexity index is 884. The van der Waals surface area contributed by atoms with E-state index in [2.05, 4.69) is 69.1 Å². The number of nitrogens with one attached hydrogen (secondary N) is 1. The highest BCUT2D eigenvalue weighted by Gasteiger charge is 2.37. The van der Waals surface area contributed by atoms with Crippen molar-refractivity contribution in [1.82, 2.24) is 5.43 Å². The first-order valence-corrected chi connectivity index (χ1v) is 10.0. The highest BCUT2D eigenvalue weighted by atomic mass is 16.2. The molecular formula is C24H31N3O. The molecule has 0 bridgehead atoms. The van der Waals surface area contributed by atoms with Crippen LogP contribution in [0.25, 0.3) is 0 Å². The second-order valence-corrected chi connectivity index (χ2v) is 8.71. The average molecular weight is 378 g/mol. The van der Waals surface area contributed by atoms with Gasteiger partial charge in [-0.25, -0.2) is 5.43 Å². The molecule has 0 saturated heterocycles. The minimum Gasteiger partial charge on any atom is -0.364 e. The number of aryl methyl sites for hydroxylation is 1. The van der Waals surface area contributed by atoms with Crippen LogP contribution in [0.15, 0.2) is 47.6 Å². The minimum atomic E-state index is -0.200. The number of anilines is 1. The van der Waals surface area contributed by atoms with Crippen LogP contribution >= 0.6 is 0 Å². The Kier molecular flexibility index (Phi) is 5.59. The number of hydrazone groups is 1. The van der Waals surface area contributed by atoms with Gasteiger partial charge in [0.2, 0.25) is 0 Å². The van der Waals surface area contributed by atoms with Crippen molar-refractivity contribution >= 4 is 17.8 Å². The molecule has 28 heavy (non-hydrogen) atoms. The first kappa shape index (κ1) is 20.1. The molecule has 1 atom stereocenters. The van der Waals surface area contributed by atoms with E-state index in [0.717, 1.165) is 17.5 Å². The molecule has 0 radical (unpaired) electrons. The fourth-order valence-corrected chi connectivity index (χ4v) is 4.54. The van der Waals surface area contributed by atoms with E-state index in [-0.39, 0.29) is 11.4 Å². The molecule has 1 unspecified atom stereocenters. The summed E-state index contributed by atoms with van der Waals surface area (Å²) >= 11 is 0. The van der Waals surface area contributed by atoms with E-state index >= 15 is 0 Å². The molecule has 0 saturated carbocycles. The number of nitrogens with zero attached hydrogens (tertiary/aromatic N) is 2. The lowest BCUT2D eigenvalue weighted by Crippen LogP contribution is -2.51. The predicted octanol–water partition coefficient (Wildman–Crippen LogP) is 5.26. The van der Waals surface area contributed by atoms with Gasteiger partial charge < -0.3 is 4.90 Å².